The van der Waals surface area contributed by atoms with Crippen LogP contribution in [0.15, 0.2) is 89.0 Å². The summed E-state index contributed by atoms with van der Waals surface area (Å²) in [6.45, 7) is 6.24. The van der Waals surface area contributed by atoms with Crippen LogP contribution in [0.1, 0.15) is 43.2 Å². The third kappa shape index (κ3) is 6.44. The number of nitrogens with zero attached hydrogens (tertiary/aromatic N) is 2. The minimum Gasteiger partial charge on any atom is -0.439 e. The lowest BCUT2D eigenvalue weighted by molar-refractivity contribution is 0.193. The van der Waals surface area contributed by atoms with Crippen molar-refractivity contribution >= 4 is 18.8 Å². The Bertz CT molecular complexity index is 1110. The van der Waals surface area contributed by atoms with E-state index in [1.807, 2.05) is 47.4 Å². The summed E-state index contributed by atoms with van der Waals surface area (Å²) in [4.78, 5) is 18.4. The number of carbonyl (C=O) groups is 1. The fourth-order valence-electron chi connectivity index (χ4n) is 4.14. The van der Waals surface area contributed by atoms with Crippen molar-refractivity contribution in [2.45, 2.75) is 38.1 Å². The van der Waals surface area contributed by atoms with Gasteiger partial charge in [0.2, 0.25) is 5.88 Å². The molecule has 1 aliphatic heterocycles. The Labute approximate surface area is 200 Å². The van der Waals surface area contributed by atoms with E-state index in [0.717, 1.165) is 24.8 Å². The van der Waals surface area contributed by atoms with Crippen LogP contribution in [0, 0.1) is 0 Å². The predicted molar refractivity (Wildman–Crippen MR) is 134 cm³/mol. The molecule has 0 spiro atoms. The first-order chi connectivity index (χ1) is 16.5. The van der Waals surface area contributed by atoms with Crippen molar-refractivity contribution in [2.75, 3.05) is 13.1 Å². The quantitative estimate of drug-likeness (QED) is 0.303. The number of likely N-dealkylation sites (tertiary alicyclic amines) is 1. The van der Waals surface area contributed by atoms with E-state index in [0.29, 0.717) is 24.8 Å². The van der Waals surface area contributed by atoms with Crippen molar-refractivity contribution in [3.05, 3.63) is 95.2 Å². The summed E-state index contributed by atoms with van der Waals surface area (Å²) in [7, 11) is 0. The molecule has 2 aliphatic rings. The van der Waals surface area contributed by atoms with E-state index in [4.69, 9.17) is 4.74 Å². The standard InChI is InChI=1S/C28H30FN3O2/c1-20(29)11-12-27(30-2)34-24-10-6-7-22(18-24)17-21-13-15-32(16-14-21)28(33)31-26-19-25(26)23-8-4-3-5-9-23/h3-12,17-18,25-26H,2,13-16,19H2,1H3,(H,31,33)/b20-11+,27-12+/t25?,26-/m1/s1. The van der Waals surface area contributed by atoms with Crippen molar-refractivity contribution in [2.24, 2.45) is 4.99 Å². The minimum atomic E-state index is -0.337. The Balaban J connectivity index is 1.29. The zero-order valence-electron chi connectivity index (χ0n) is 19.4. The molecular formula is C28H30FN3O2. The van der Waals surface area contributed by atoms with E-state index in [2.05, 4.69) is 35.2 Å². The highest BCUT2D eigenvalue weighted by Crippen LogP contribution is 2.40. The highest BCUT2D eigenvalue weighted by atomic mass is 19.1. The van der Waals surface area contributed by atoms with E-state index in [9.17, 15) is 9.18 Å². The van der Waals surface area contributed by atoms with Gasteiger partial charge in [-0.15, -0.1) is 0 Å². The number of piperidine rings is 1. The van der Waals surface area contributed by atoms with Gasteiger partial charge in [-0.1, -0.05) is 54.1 Å². The summed E-state index contributed by atoms with van der Waals surface area (Å²) >= 11 is 0. The molecule has 1 saturated carbocycles. The number of hydrogen-bond donors (Lipinski definition) is 1. The van der Waals surface area contributed by atoms with E-state index in [-0.39, 0.29) is 23.8 Å². The second-order valence-corrected chi connectivity index (χ2v) is 8.69. The molecule has 4 rings (SSSR count). The number of rotatable bonds is 7. The van der Waals surface area contributed by atoms with Gasteiger partial charge in [-0.2, -0.15) is 0 Å². The minimum absolute atomic E-state index is 0.0340. The van der Waals surface area contributed by atoms with E-state index in [1.54, 1.807) is 0 Å². The lowest BCUT2D eigenvalue weighted by Crippen LogP contribution is -2.44. The van der Waals surface area contributed by atoms with Crippen LogP contribution < -0.4 is 10.1 Å². The van der Waals surface area contributed by atoms with Gasteiger partial charge in [0.05, 0.1) is 5.83 Å². The topological polar surface area (TPSA) is 53.9 Å². The van der Waals surface area contributed by atoms with Gasteiger partial charge < -0.3 is 15.0 Å². The molecule has 2 amide bonds. The molecule has 2 atom stereocenters. The van der Waals surface area contributed by atoms with E-state index < -0.39 is 0 Å². The summed E-state index contributed by atoms with van der Waals surface area (Å²) in [5.74, 6) is 0.929. The molecule has 5 nitrogen and oxygen atoms in total. The molecule has 34 heavy (non-hydrogen) atoms. The fourth-order valence-corrected chi connectivity index (χ4v) is 4.14. The number of nitrogens with one attached hydrogen (secondary N) is 1. The van der Waals surface area contributed by atoms with Crippen LogP contribution in [-0.2, 0) is 0 Å². The molecule has 2 aromatic carbocycles. The number of allylic oxidation sites excluding steroid dienone is 3. The molecule has 1 N–H and O–H groups in total. The molecule has 0 aromatic heterocycles. The SMILES string of the molecule is C=N/C(=C\C=C(/C)F)Oc1cccc(C=C2CCN(C(=O)N[C@@H]3CC3c3ccccc3)CC2)c1. The zero-order chi connectivity index (χ0) is 23.9. The Hall–Kier alpha value is -3.67. The van der Waals surface area contributed by atoms with Gasteiger partial charge in [-0.05, 0) is 62.2 Å². The number of carbonyl (C=O) groups excluding carboxylic acids is 1. The van der Waals surface area contributed by atoms with Gasteiger partial charge in [-0.25, -0.2) is 14.2 Å². The first kappa shape index (κ1) is 23.5. The smallest absolute Gasteiger partial charge is 0.317 e. The molecule has 1 aliphatic carbocycles. The maximum Gasteiger partial charge on any atom is 0.317 e. The summed E-state index contributed by atoms with van der Waals surface area (Å²) in [6.07, 6.45) is 7.55. The molecule has 6 heteroatoms. The lowest BCUT2D eigenvalue weighted by Gasteiger charge is -2.28. The normalized spacial score (nSPS) is 20.5. The van der Waals surface area contributed by atoms with Crippen LogP contribution in [-0.4, -0.2) is 36.8 Å². The van der Waals surface area contributed by atoms with Crippen molar-refractivity contribution < 1.29 is 13.9 Å². The summed E-state index contributed by atoms with van der Waals surface area (Å²) < 4.78 is 18.7. The van der Waals surface area contributed by atoms with Crippen LogP contribution in [0.5, 0.6) is 5.75 Å². The Morgan fingerprint density at radius 2 is 1.91 bits per heavy atom. The van der Waals surface area contributed by atoms with Crippen LogP contribution in [0.3, 0.4) is 0 Å². The summed E-state index contributed by atoms with van der Waals surface area (Å²) in [5.41, 5.74) is 3.60. The number of hydrogen-bond acceptors (Lipinski definition) is 3. The maximum absolute atomic E-state index is 13.0. The summed E-state index contributed by atoms with van der Waals surface area (Å²) in [5, 5.41) is 3.19. The van der Waals surface area contributed by atoms with Gasteiger partial charge in [0.15, 0.2) is 0 Å². The fraction of sp³-hybridized carbons (Fsp3) is 0.286. The molecule has 1 unspecified atom stereocenters. The molecule has 2 fully saturated rings. The number of halogens is 1. The number of amides is 2. The first-order valence-corrected chi connectivity index (χ1v) is 11.6. The lowest BCUT2D eigenvalue weighted by atomic mass is 10.0. The van der Waals surface area contributed by atoms with Gasteiger partial charge in [0, 0.05) is 31.1 Å². The third-order valence-corrected chi connectivity index (χ3v) is 6.08. The molecular weight excluding hydrogens is 429 g/mol. The van der Waals surface area contributed by atoms with Crippen molar-refractivity contribution in [3.63, 3.8) is 0 Å². The van der Waals surface area contributed by atoms with Gasteiger partial charge in [-0.3, -0.25) is 0 Å². The van der Waals surface area contributed by atoms with Crippen LogP contribution in [0.4, 0.5) is 9.18 Å². The van der Waals surface area contributed by atoms with Crippen molar-refractivity contribution in [1.29, 1.82) is 0 Å². The Morgan fingerprint density at radius 1 is 1.15 bits per heavy atom. The molecule has 2 aromatic rings. The first-order valence-electron chi connectivity index (χ1n) is 11.6. The maximum atomic E-state index is 13.0. The molecule has 0 bridgehead atoms. The van der Waals surface area contributed by atoms with Gasteiger partial charge in [0.25, 0.3) is 0 Å². The molecule has 1 heterocycles. The number of benzene rings is 2. The number of aliphatic imine (C=N–C) groups is 1. The second kappa shape index (κ2) is 11.0. The monoisotopic (exact) mass is 459 g/mol. The van der Waals surface area contributed by atoms with E-state index >= 15 is 0 Å². The summed E-state index contributed by atoms with van der Waals surface area (Å²) in [6, 6.07) is 18.3. The molecule has 0 radical (unpaired) electrons. The molecule has 176 valence electrons. The number of ether oxygens (including phenoxy) is 1. The third-order valence-electron chi connectivity index (χ3n) is 6.08. The average Bonchev–Trinajstić information content (AvgIpc) is 3.62. The van der Waals surface area contributed by atoms with Crippen LogP contribution >= 0.6 is 0 Å². The van der Waals surface area contributed by atoms with Crippen molar-refractivity contribution in [3.8, 4) is 5.75 Å². The van der Waals surface area contributed by atoms with Crippen molar-refractivity contribution in [1.82, 2.24) is 10.2 Å². The van der Waals surface area contributed by atoms with Gasteiger partial charge >= 0.3 is 6.03 Å². The van der Waals surface area contributed by atoms with E-state index in [1.165, 1.54) is 30.2 Å². The number of urea groups is 1. The second-order valence-electron chi connectivity index (χ2n) is 8.69. The van der Waals surface area contributed by atoms with Crippen LogP contribution in [0.2, 0.25) is 0 Å². The van der Waals surface area contributed by atoms with Crippen LogP contribution in [0.25, 0.3) is 6.08 Å². The van der Waals surface area contributed by atoms with Gasteiger partial charge in [0.1, 0.15) is 5.75 Å². The highest BCUT2D eigenvalue weighted by Gasteiger charge is 2.40. The largest absolute Gasteiger partial charge is 0.439 e. The predicted octanol–water partition coefficient (Wildman–Crippen LogP) is 6.23. The highest BCUT2D eigenvalue weighted by molar-refractivity contribution is 5.75. The Kier molecular flexibility index (Phi) is 7.58. The molecule has 1 saturated heterocycles. The Morgan fingerprint density at radius 3 is 2.62 bits per heavy atom. The zero-order valence-corrected chi connectivity index (χ0v) is 19.4. The average molecular weight is 460 g/mol.